The zero-order chi connectivity index (χ0) is 14.9. The van der Waals surface area contributed by atoms with Crippen molar-refractivity contribution in [1.82, 2.24) is 9.97 Å². The third-order valence-corrected chi connectivity index (χ3v) is 2.45. The van der Waals surface area contributed by atoms with E-state index in [1.165, 1.54) is 7.05 Å². The van der Waals surface area contributed by atoms with Crippen LogP contribution in [0.2, 0.25) is 0 Å². The molecule has 0 fully saturated rings. The molecule has 1 aromatic carbocycles. The van der Waals surface area contributed by atoms with Crippen molar-refractivity contribution in [3.63, 3.8) is 0 Å². The first-order valence-electron chi connectivity index (χ1n) is 5.40. The van der Waals surface area contributed by atoms with Crippen molar-refractivity contribution in [3.05, 3.63) is 41.6 Å². The number of halogens is 5. The van der Waals surface area contributed by atoms with E-state index in [9.17, 15) is 22.0 Å². The summed E-state index contributed by atoms with van der Waals surface area (Å²) in [7, 11) is 1.33. The highest BCUT2D eigenvalue weighted by molar-refractivity contribution is 5.61. The van der Waals surface area contributed by atoms with E-state index < -0.39 is 23.5 Å². The Bertz CT molecular complexity index is 639. The van der Waals surface area contributed by atoms with Crippen molar-refractivity contribution in [3.8, 4) is 11.3 Å². The van der Waals surface area contributed by atoms with E-state index in [4.69, 9.17) is 0 Å². The van der Waals surface area contributed by atoms with Gasteiger partial charge in [-0.1, -0.05) is 0 Å². The molecule has 0 radical (unpaired) electrons. The van der Waals surface area contributed by atoms with E-state index in [1.807, 2.05) is 0 Å². The number of alkyl halides is 3. The van der Waals surface area contributed by atoms with Crippen molar-refractivity contribution < 1.29 is 22.0 Å². The summed E-state index contributed by atoms with van der Waals surface area (Å²) < 4.78 is 64.5. The zero-order valence-electron chi connectivity index (χ0n) is 10.1. The molecule has 0 atom stereocenters. The van der Waals surface area contributed by atoms with Crippen LogP contribution in [0.3, 0.4) is 0 Å². The SMILES string of the molecule is CNc1nc(-c2ccc(F)cc2F)cc(C(F)(F)F)n1. The normalized spacial score (nSPS) is 11.5. The third-order valence-electron chi connectivity index (χ3n) is 2.45. The van der Waals surface area contributed by atoms with Gasteiger partial charge >= 0.3 is 6.18 Å². The highest BCUT2D eigenvalue weighted by atomic mass is 19.4. The Morgan fingerprint density at radius 3 is 2.30 bits per heavy atom. The Hall–Kier alpha value is -2.25. The highest BCUT2D eigenvalue weighted by Crippen LogP contribution is 2.31. The first kappa shape index (κ1) is 14.2. The van der Waals surface area contributed by atoms with Gasteiger partial charge < -0.3 is 5.32 Å². The Morgan fingerprint density at radius 1 is 1.05 bits per heavy atom. The minimum Gasteiger partial charge on any atom is -0.357 e. The molecule has 3 nitrogen and oxygen atoms in total. The minimum absolute atomic E-state index is 0.240. The molecule has 106 valence electrons. The molecular weight excluding hydrogens is 281 g/mol. The van der Waals surface area contributed by atoms with Crippen LogP contribution in [0.15, 0.2) is 24.3 Å². The van der Waals surface area contributed by atoms with E-state index in [1.54, 1.807) is 0 Å². The van der Waals surface area contributed by atoms with E-state index in [-0.39, 0.29) is 17.2 Å². The average molecular weight is 289 g/mol. The molecule has 0 bridgehead atoms. The summed E-state index contributed by atoms with van der Waals surface area (Å²) >= 11 is 0. The fourth-order valence-electron chi connectivity index (χ4n) is 1.54. The summed E-state index contributed by atoms with van der Waals surface area (Å²) in [6.45, 7) is 0. The number of aromatic nitrogens is 2. The van der Waals surface area contributed by atoms with Crippen molar-refractivity contribution in [2.45, 2.75) is 6.18 Å². The molecule has 0 amide bonds. The van der Waals surface area contributed by atoms with Crippen LogP contribution >= 0.6 is 0 Å². The van der Waals surface area contributed by atoms with Gasteiger partial charge in [-0.3, -0.25) is 0 Å². The summed E-state index contributed by atoms with van der Waals surface area (Å²) in [6.07, 6.45) is -4.69. The zero-order valence-corrected chi connectivity index (χ0v) is 10.1. The topological polar surface area (TPSA) is 37.8 Å². The van der Waals surface area contributed by atoms with Gasteiger partial charge in [0.2, 0.25) is 5.95 Å². The van der Waals surface area contributed by atoms with Gasteiger partial charge in [0.25, 0.3) is 0 Å². The summed E-state index contributed by atoms with van der Waals surface area (Å²) in [5.74, 6) is -2.14. The van der Waals surface area contributed by atoms with E-state index in [0.29, 0.717) is 12.1 Å². The van der Waals surface area contributed by atoms with Crippen LogP contribution in [0.5, 0.6) is 0 Å². The lowest BCUT2D eigenvalue weighted by atomic mass is 10.1. The lowest BCUT2D eigenvalue weighted by molar-refractivity contribution is -0.141. The monoisotopic (exact) mass is 289 g/mol. The maximum Gasteiger partial charge on any atom is 0.433 e. The number of anilines is 1. The second kappa shape index (κ2) is 5.03. The molecule has 0 saturated heterocycles. The molecule has 1 heterocycles. The van der Waals surface area contributed by atoms with Crippen molar-refractivity contribution in [2.75, 3.05) is 12.4 Å². The maximum atomic E-state index is 13.6. The molecule has 2 rings (SSSR count). The Balaban J connectivity index is 2.61. The average Bonchev–Trinajstić information content (AvgIpc) is 2.37. The summed E-state index contributed by atoms with van der Waals surface area (Å²) in [4.78, 5) is 6.99. The van der Waals surface area contributed by atoms with Gasteiger partial charge in [0.15, 0.2) is 5.69 Å². The maximum absolute atomic E-state index is 13.6. The summed E-state index contributed by atoms with van der Waals surface area (Å²) in [5, 5.41) is 2.36. The molecule has 2 aromatic rings. The number of hydrogen-bond donors (Lipinski definition) is 1. The molecule has 0 aliphatic heterocycles. The predicted octanol–water partition coefficient (Wildman–Crippen LogP) is 3.48. The molecule has 0 aliphatic rings. The van der Waals surface area contributed by atoms with E-state index in [2.05, 4.69) is 15.3 Å². The van der Waals surface area contributed by atoms with Gasteiger partial charge in [-0.2, -0.15) is 13.2 Å². The third kappa shape index (κ3) is 2.84. The summed E-state index contributed by atoms with van der Waals surface area (Å²) in [5.41, 5.74) is -1.74. The molecule has 0 spiro atoms. The van der Waals surface area contributed by atoms with Gasteiger partial charge in [0, 0.05) is 18.7 Å². The molecule has 0 saturated carbocycles. The first-order valence-corrected chi connectivity index (χ1v) is 5.40. The van der Waals surface area contributed by atoms with Gasteiger partial charge in [-0.15, -0.1) is 0 Å². The molecule has 0 unspecified atom stereocenters. The summed E-state index contributed by atoms with van der Waals surface area (Å²) in [6, 6.07) is 3.14. The molecule has 8 heteroatoms. The second-order valence-electron chi connectivity index (χ2n) is 3.83. The molecule has 20 heavy (non-hydrogen) atoms. The van der Waals surface area contributed by atoms with Crippen molar-refractivity contribution >= 4 is 5.95 Å². The van der Waals surface area contributed by atoms with Crippen LogP contribution in [-0.4, -0.2) is 17.0 Å². The molecule has 1 N–H and O–H groups in total. The number of benzene rings is 1. The van der Waals surface area contributed by atoms with Crippen LogP contribution in [0.4, 0.5) is 27.9 Å². The van der Waals surface area contributed by atoms with Crippen molar-refractivity contribution in [1.29, 1.82) is 0 Å². The van der Waals surface area contributed by atoms with Crippen LogP contribution in [0, 0.1) is 11.6 Å². The quantitative estimate of drug-likeness (QED) is 0.860. The van der Waals surface area contributed by atoms with E-state index >= 15 is 0 Å². The minimum atomic E-state index is -4.69. The largest absolute Gasteiger partial charge is 0.433 e. The number of rotatable bonds is 2. The van der Waals surface area contributed by atoms with Gasteiger partial charge in [0.1, 0.15) is 11.6 Å². The first-order chi connectivity index (χ1) is 9.31. The van der Waals surface area contributed by atoms with Crippen molar-refractivity contribution in [2.24, 2.45) is 0 Å². The number of nitrogens with one attached hydrogen (secondary N) is 1. The van der Waals surface area contributed by atoms with Gasteiger partial charge in [0.05, 0.1) is 5.69 Å². The molecular formula is C12H8F5N3. The van der Waals surface area contributed by atoms with E-state index in [0.717, 1.165) is 12.1 Å². The van der Waals surface area contributed by atoms with Gasteiger partial charge in [-0.05, 0) is 18.2 Å². The Kier molecular flexibility index (Phi) is 3.56. The van der Waals surface area contributed by atoms with Crippen LogP contribution in [0.1, 0.15) is 5.69 Å². The number of hydrogen-bond acceptors (Lipinski definition) is 3. The van der Waals surface area contributed by atoms with Crippen LogP contribution < -0.4 is 5.32 Å². The van der Waals surface area contributed by atoms with Crippen LogP contribution in [-0.2, 0) is 6.18 Å². The standard InChI is InChI=1S/C12H8F5N3/c1-18-11-19-9(5-10(20-11)12(15,16)17)7-3-2-6(13)4-8(7)14/h2-5H,1H3,(H,18,19,20). The molecule has 0 aliphatic carbocycles. The Morgan fingerprint density at radius 2 is 1.75 bits per heavy atom. The van der Waals surface area contributed by atoms with Crippen LogP contribution in [0.25, 0.3) is 11.3 Å². The van der Waals surface area contributed by atoms with Gasteiger partial charge in [-0.25, -0.2) is 18.7 Å². The second-order valence-corrected chi connectivity index (χ2v) is 3.83. The fourth-order valence-corrected chi connectivity index (χ4v) is 1.54. The number of nitrogens with zero attached hydrogens (tertiary/aromatic N) is 2. The lowest BCUT2D eigenvalue weighted by Gasteiger charge is -2.10. The lowest BCUT2D eigenvalue weighted by Crippen LogP contribution is -2.11. The smallest absolute Gasteiger partial charge is 0.357 e. The molecule has 1 aromatic heterocycles. The predicted molar refractivity (Wildman–Crippen MR) is 61.9 cm³/mol. The highest BCUT2D eigenvalue weighted by Gasteiger charge is 2.34. The Labute approximate surface area is 110 Å². The fraction of sp³-hybridized carbons (Fsp3) is 0.167.